The van der Waals surface area contributed by atoms with Gasteiger partial charge in [0.25, 0.3) is 0 Å². The van der Waals surface area contributed by atoms with Crippen molar-refractivity contribution < 1.29 is 4.74 Å². The van der Waals surface area contributed by atoms with Gasteiger partial charge in [0.05, 0.1) is 6.61 Å². The zero-order valence-electron chi connectivity index (χ0n) is 9.22. The van der Waals surface area contributed by atoms with Gasteiger partial charge in [-0.05, 0) is 24.6 Å². The van der Waals surface area contributed by atoms with Gasteiger partial charge in [0.1, 0.15) is 5.75 Å². The first-order chi connectivity index (χ1) is 7.66. The molecule has 0 spiro atoms. The van der Waals surface area contributed by atoms with Crippen LogP contribution in [-0.2, 0) is 13.0 Å². The van der Waals surface area contributed by atoms with Crippen LogP contribution in [0, 0.1) is 0 Å². The fraction of sp³-hybridized carbons (Fsp3) is 0.500. The largest absolute Gasteiger partial charge is 0.493 e. The van der Waals surface area contributed by atoms with Gasteiger partial charge >= 0.3 is 0 Å². The van der Waals surface area contributed by atoms with E-state index in [9.17, 15) is 0 Å². The van der Waals surface area contributed by atoms with E-state index in [4.69, 9.17) is 16.3 Å². The van der Waals surface area contributed by atoms with Crippen LogP contribution < -0.4 is 10.1 Å². The van der Waals surface area contributed by atoms with Crippen molar-refractivity contribution in [1.29, 1.82) is 0 Å². The van der Waals surface area contributed by atoms with Gasteiger partial charge < -0.3 is 10.1 Å². The zero-order chi connectivity index (χ0) is 11.5. The molecule has 0 aromatic heterocycles. The molecule has 1 heterocycles. The molecule has 1 aliphatic rings. The summed E-state index contributed by atoms with van der Waals surface area (Å²) in [6.45, 7) is 4.39. The van der Waals surface area contributed by atoms with Crippen LogP contribution in [0.25, 0.3) is 0 Å². The van der Waals surface area contributed by atoms with E-state index >= 15 is 0 Å². The maximum absolute atomic E-state index is 5.89. The highest BCUT2D eigenvalue weighted by atomic mass is 79.9. The van der Waals surface area contributed by atoms with Gasteiger partial charge in [0.15, 0.2) is 0 Å². The minimum atomic E-state index is 0.154. The third kappa shape index (κ3) is 2.90. The number of alkyl halides is 1. The summed E-state index contributed by atoms with van der Waals surface area (Å²) in [5, 5.41) is 3.48. The lowest BCUT2D eigenvalue weighted by Crippen LogP contribution is -2.21. The average molecular weight is 305 g/mol. The Balaban J connectivity index is 2.08. The maximum atomic E-state index is 5.89. The number of rotatable bonds is 4. The van der Waals surface area contributed by atoms with E-state index in [0.29, 0.717) is 0 Å². The third-order valence-corrected chi connectivity index (χ3v) is 3.18. The molecule has 4 heteroatoms. The fourth-order valence-electron chi connectivity index (χ4n) is 1.88. The monoisotopic (exact) mass is 303 g/mol. The Labute approximate surface area is 109 Å². The molecule has 0 aliphatic carbocycles. The second-order valence-corrected chi connectivity index (χ2v) is 5.72. The van der Waals surface area contributed by atoms with E-state index < -0.39 is 0 Å². The molecule has 2 rings (SSSR count). The lowest BCUT2D eigenvalue weighted by atomic mass is 10.1. The molecule has 88 valence electrons. The van der Waals surface area contributed by atoms with Crippen LogP contribution in [0.15, 0.2) is 16.6 Å². The van der Waals surface area contributed by atoms with Crippen LogP contribution in [0.3, 0.4) is 0 Å². The lowest BCUT2D eigenvalue weighted by molar-refractivity contribution is 0.352. The van der Waals surface area contributed by atoms with Crippen LogP contribution in [-0.4, -0.2) is 18.5 Å². The lowest BCUT2D eigenvalue weighted by Gasteiger charge is -2.11. The molecule has 0 fully saturated rings. The highest BCUT2D eigenvalue weighted by molar-refractivity contribution is 9.10. The van der Waals surface area contributed by atoms with Gasteiger partial charge in [0.2, 0.25) is 0 Å². The van der Waals surface area contributed by atoms with Gasteiger partial charge in [-0.25, -0.2) is 0 Å². The summed E-state index contributed by atoms with van der Waals surface area (Å²) in [5.74, 6) is 1.05. The summed E-state index contributed by atoms with van der Waals surface area (Å²) in [4.78, 5) is 0. The molecular weight excluding hydrogens is 289 g/mol. The van der Waals surface area contributed by atoms with E-state index in [1.807, 2.05) is 6.92 Å². The number of nitrogens with one attached hydrogen (secondary N) is 1. The number of halogens is 2. The number of hydrogen-bond acceptors (Lipinski definition) is 2. The highest BCUT2D eigenvalue weighted by Gasteiger charge is 2.17. The molecule has 0 saturated heterocycles. The van der Waals surface area contributed by atoms with E-state index in [0.717, 1.165) is 36.3 Å². The van der Waals surface area contributed by atoms with Crippen LogP contribution in [0.1, 0.15) is 18.1 Å². The number of benzene rings is 1. The minimum absolute atomic E-state index is 0.154. The van der Waals surface area contributed by atoms with Crippen LogP contribution in [0.4, 0.5) is 0 Å². The Bertz CT molecular complexity index is 382. The molecule has 1 unspecified atom stereocenters. The molecule has 1 aromatic rings. The van der Waals surface area contributed by atoms with Crippen molar-refractivity contribution in [2.75, 3.05) is 13.2 Å². The van der Waals surface area contributed by atoms with Gasteiger partial charge in [-0.3, -0.25) is 0 Å². The molecule has 2 nitrogen and oxygen atoms in total. The van der Waals surface area contributed by atoms with Crippen molar-refractivity contribution >= 4 is 27.5 Å². The smallest absolute Gasteiger partial charge is 0.127 e. The van der Waals surface area contributed by atoms with Crippen molar-refractivity contribution in [2.45, 2.75) is 25.3 Å². The van der Waals surface area contributed by atoms with E-state index in [1.165, 1.54) is 11.1 Å². The Morgan fingerprint density at radius 1 is 1.56 bits per heavy atom. The van der Waals surface area contributed by atoms with Crippen LogP contribution in [0.2, 0.25) is 0 Å². The normalized spacial score (nSPS) is 15.7. The van der Waals surface area contributed by atoms with Gasteiger partial charge in [0, 0.05) is 34.9 Å². The summed E-state index contributed by atoms with van der Waals surface area (Å²) in [6.07, 6.45) is 1.01. The van der Waals surface area contributed by atoms with Crippen molar-refractivity contribution in [3.05, 3.63) is 27.7 Å². The third-order valence-electron chi connectivity index (χ3n) is 2.57. The molecule has 0 bridgehead atoms. The SMILES string of the molecule is CC(Cl)CNCc1cc(Br)cc2c1OCC2. The van der Waals surface area contributed by atoms with Gasteiger partial charge in [-0.2, -0.15) is 0 Å². The molecular formula is C12H15BrClNO. The highest BCUT2D eigenvalue weighted by Crippen LogP contribution is 2.32. The minimum Gasteiger partial charge on any atom is -0.493 e. The van der Waals surface area contributed by atoms with Crippen LogP contribution in [0.5, 0.6) is 5.75 Å². The van der Waals surface area contributed by atoms with Crippen LogP contribution >= 0.6 is 27.5 Å². The van der Waals surface area contributed by atoms with E-state index in [1.54, 1.807) is 0 Å². The number of fused-ring (bicyclic) bond motifs is 1. The quantitative estimate of drug-likeness (QED) is 0.863. The Hall–Kier alpha value is -0.250. The average Bonchev–Trinajstić information content (AvgIpc) is 2.64. The van der Waals surface area contributed by atoms with Crippen molar-refractivity contribution in [2.24, 2.45) is 0 Å². The summed E-state index contributed by atoms with van der Waals surface area (Å²) < 4.78 is 6.77. The number of hydrogen-bond donors (Lipinski definition) is 1. The van der Waals surface area contributed by atoms with Crippen molar-refractivity contribution in [3.63, 3.8) is 0 Å². The predicted octanol–water partition coefficient (Wildman–Crippen LogP) is 3.10. The summed E-state index contributed by atoms with van der Waals surface area (Å²) in [7, 11) is 0. The molecule has 0 saturated carbocycles. The first-order valence-corrected chi connectivity index (χ1v) is 6.68. The standard InChI is InChI=1S/C12H15BrClNO/c1-8(14)6-15-7-10-5-11(13)4-9-2-3-16-12(9)10/h4-5,8,15H,2-3,6-7H2,1H3. The van der Waals surface area contributed by atoms with Crippen molar-refractivity contribution in [1.82, 2.24) is 5.32 Å². The second-order valence-electron chi connectivity index (χ2n) is 4.06. The van der Waals surface area contributed by atoms with E-state index in [-0.39, 0.29) is 5.38 Å². The first kappa shape index (κ1) is 12.2. The Kier molecular flexibility index (Phi) is 4.11. The van der Waals surface area contributed by atoms with Gasteiger partial charge in [-0.1, -0.05) is 15.9 Å². The summed E-state index contributed by atoms with van der Waals surface area (Å²) in [6, 6.07) is 4.24. The zero-order valence-corrected chi connectivity index (χ0v) is 11.6. The second kappa shape index (κ2) is 5.39. The van der Waals surface area contributed by atoms with Gasteiger partial charge in [-0.15, -0.1) is 11.6 Å². The first-order valence-electron chi connectivity index (χ1n) is 5.45. The summed E-state index contributed by atoms with van der Waals surface area (Å²) >= 11 is 9.42. The fourth-order valence-corrected chi connectivity index (χ4v) is 2.54. The van der Waals surface area contributed by atoms with E-state index in [2.05, 4.69) is 33.4 Å². The molecule has 1 atom stereocenters. The number of ether oxygens (including phenoxy) is 1. The summed E-state index contributed by atoms with van der Waals surface area (Å²) in [5.41, 5.74) is 2.50. The molecule has 0 amide bonds. The predicted molar refractivity (Wildman–Crippen MR) is 70.4 cm³/mol. The maximum Gasteiger partial charge on any atom is 0.127 e. The Morgan fingerprint density at radius 2 is 2.38 bits per heavy atom. The molecule has 16 heavy (non-hydrogen) atoms. The van der Waals surface area contributed by atoms with Crippen molar-refractivity contribution in [3.8, 4) is 5.75 Å². The molecule has 1 aromatic carbocycles. The molecule has 1 aliphatic heterocycles. The molecule has 1 N–H and O–H groups in total. The topological polar surface area (TPSA) is 21.3 Å². The molecule has 0 radical (unpaired) electrons. The Morgan fingerprint density at radius 3 is 3.12 bits per heavy atom.